The van der Waals surface area contributed by atoms with Gasteiger partial charge in [0.2, 0.25) is 0 Å². The third-order valence-electron chi connectivity index (χ3n) is 2.59. The van der Waals surface area contributed by atoms with Gasteiger partial charge < -0.3 is 14.8 Å². The Balaban J connectivity index is 2.43. The molecule has 0 aliphatic carbocycles. The van der Waals surface area contributed by atoms with Crippen LogP contribution in [0.3, 0.4) is 0 Å². The molecule has 1 rings (SSSR count). The Hall–Kier alpha value is -1.06. The molecule has 1 N–H and O–H groups in total. The second kappa shape index (κ2) is 7.30. The van der Waals surface area contributed by atoms with Crippen LogP contribution < -0.4 is 10.1 Å². The van der Waals surface area contributed by atoms with Crippen molar-refractivity contribution in [1.29, 1.82) is 0 Å². The normalized spacial score (nSPS) is 12.8. The van der Waals surface area contributed by atoms with Crippen LogP contribution in [0.5, 0.6) is 5.75 Å². The minimum atomic E-state index is 0.259. The summed E-state index contributed by atoms with van der Waals surface area (Å²) in [7, 11) is 1.95. The Bertz CT molecular complexity index is 326. The van der Waals surface area contributed by atoms with Crippen molar-refractivity contribution in [2.45, 2.75) is 32.9 Å². The van der Waals surface area contributed by atoms with Crippen molar-refractivity contribution < 1.29 is 9.47 Å². The number of hydrogen-bond donors (Lipinski definition) is 1. The minimum Gasteiger partial charge on any atom is -0.491 e. The Kier molecular flexibility index (Phi) is 6.01. The Morgan fingerprint density at radius 2 is 1.94 bits per heavy atom. The molecule has 0 aliphatic heterocycles. The fraction of sp³-hybridized carbons (Fsp3) is 0.571. The van der Waals surface area contributed by atoms with E-state index >= 15 is 0 Å². The van der Waals surface area contributed by atoms with Crippen LogP contribution in [-0.2, 0) is 4.74 Å². The van der Waals surface area contributed by atoms with Gasteiger partial charge in [0.1, 0.15) is 12.4 Å². The molecular formula is C14H23NO2. The maximum Gasteiger partial charge on any atom is 0.119 e. The predicted octanol–water partition coefficient (Wildman–Crippen LogP) is 2.77. The zero-order chi connectivity index (χ0) is 12.7. The number of hydrogen-bond acceptors (Lipinski definition) is 3. The molecule has 1 aromatic carbocycles. The highest BCUT2D eigenvalue weighted by molar-refractivity contribution is 5.30. The van der Waals surface area contributed by atoms with E-state index < -0.39 is 0 Å². The summed E-state index contributed by atoms with van der Waals surface area (Å²) in [5.41, 5.74) is 1.23. The molecule has 0 fully saturated rings. The van der Waals surface area contributed by atoms with E-state index in [9.17, 15) is 0 Å². The summed E-state index contributed by atoms with van der Waals surface area (Å²) >= 11 is 0. The van der Waals surface area contributed by atoms with Crippen molar-refractivity contribution in [3.8, 4) is 5.75 Å². The first-order chi connectivity index (χ1) is 8.13. The summed E-state index contributed by atoms with van der Waals surface area (Å²) < 4.78 is 11.1. The molecule has 3 heteroatoms. The van der Waals surface area contributed by atoms with Gasteiger partial charge in [0.25, 0.3) is 0 Å². The zero-order valence-electron chi connectivity index (χ0n) is 11.2. The van der Waals surface area contributed by atoms with Gasteiger partial charge in [0.05, 0.1) is 12.7 Å². The standard InChI is InChI=1S/C14H23NO2/c1-11(2)16-8-9-17-14-7-5-6-13(10-14)12(3)15-4/h5-7,10-12,15H,8-9H2,1-4H3. The summed E-state index contributed by atoms with van der Waals surface area (Å²) in [5.74, 6) is 0.900. The van der Waals surface area contributed by atoms with E-state index in [-0.39, 0.29) is 6.10 Å². The van der Waals surface area contributed by atoms with Crippen molar-refractivity contribution in [3.63, 3.8) is 0 Å². The van der Waals surface area contributed by atoms with E-state index in [0.717, 1.165) is 5.75 Å². The lowest BCUT2D eigenvalue weighted by Crippen LogP contribution is -2.13. The molecule has 0 amide bonds. The summed E-state index contributed by atoms with van der Waals surface area (Å²) in [6.07, 6.45) is 0.259. The maximum atomic E-state index is 5.64. The van der Waals surface area contributed by atoms with Gasteiger partial charge in [-0.05, 0) is 45.5 Å². The number of nitrogens with one attached hydrogen (secondary N) is 1. The molecule has 0 heterocycles. The Morgan fingerprint density at radius 1 is 1.18 bits per heavy atom. The SMILES string of the molecule is CNC(C)c1cccc(OCCOC(C)C)c1. The van der Waals surface area contributed by atoms with Gasteiger partial charge >= 0.3 is 0 Å². The van der Waals surface area contributed by atoms with Crippen LogP contribution in [0, 0.1) is 0 Å². The number of ether oxygens (including phenoxy) is 2. The van der Waals surface area contributed by atoms with Gasteiger partial charge in [-0.15, -0.1) is 0 Å². The van der Waals surface area contributed by atoms with Gasteiger partial charge in [-0.2, -0.15) is 0 Å². The Labute approximate surface area is 104 Å². The molecule has 0 saturated heterocycles. The fourth-order valence-electron chi connectivity index (χ4n) is 1.48. The van der Waals surface area contributed by atoms with Crippen LogP contribution in [0.25, 0.3) is 0 Å². The summed E-state index contributed by atoms with van der Waals surface area (Å²) in [6.45, 7) is 7.39. The second-order valence-electron chi connectivity index (χ2n) is 4.35. The van der Waals surface area contributed by atoms with E-state index in [1.165, 1.54) is 5.56 Å². The molecule has 0 aliphatic rings. The van der Waals surface area contributed by atoms with E-state index in [2.05, 4.69) is 24.4 Å². The van der Waals surface area contributed by atoms with Crippen molar-refractivity contribution in [1.82, 2.24) is 5.32 Å². The van der Waals surface area contributed by atoms with E-state index in [4.69, 9.17) is 9.47 Å². The van der Waals surface area contributed by atoms with Gasteiger partial charge in [0, 0.05) is 6.04 Å². The number of rotatable bonds is 7. The molecule has 0 saturated carbocycles. The van der Waals surface area contributed by atoms with Crippen LogP contribution >= 0.6 is 0 Å². The Morgan fingerprint density at radius 3 is 2.59 bits per heavy atom. The molecule has 3 nitrogen and oxygen atoms in total. The molecule has 0 bridgehead atoms. The molecule has 1 unspecified atom stereocenters. The molecule has 1 aromatic rings. The van der Waals surface area contributed by atoms with Crippen LogP contribution in [0.15, 0.2) is 24.3 Å². The zero-order valence-corrected chi connectivity index (χ0v) is 11.2. The monoisotopic (exact) mass is 237 g/mol. The highest BCUT2D eigenvalue weighted by Gasteiger charge is 2.03. The number of benzene rings is 1. The fourth-order valence-corrected chi connectivity index (χ4v) is 1.48. The summed E-state index contributed by atoms with van der Waals surface area (Å²) in [5, 5.41) is 3.21. The maximum absolute atomic E-state index is 5.64. The lowest BCUT2D eigenvalue weighted by atomic mass is 10.1. The average Bonchev–Trinajstić information content (AvgIpc) is 2.34. The predicted molar refractivity (Wildman–Crippen MR) is 70.5 cm³/mol. The first-order valence-corrected chi connectivity index (χ1v) is 6.15. The van der Waals surface area contributed by atoms with Gasteiger partial charge in [0.15, 0.2) is 0 Å². The van der Waals surface area contributed by atoms with E-state index in [0.29, 0.717) is 19.3 Å². The van der Waals surface area contributed by atoms with Crippen LogP contribution in [0.1, 0.15) is 32.4 Å². The molecule has 0 spiro atoms. The van der Waals surface area contributed by atoms with E-state index in [1.807, 2.05) is 33.0 Å². The molecule has 17 heavy (non-hydrogen) atoms. The largest absolute Gasteiger partial charge is 0.491 e. The topological polar surface area (TPSA) is 30.5 Å². The van der Waals surface area contributed by atoms with Crippen molar-refractivity contribution in [2.24, 2.45) is 0 Å². The first-order valence-electron chi connectivity index (χ1n) is 6.15. The highest BCUT2D eigenvalue weighted by Crippen LogP contribution is 2.18. The lowest BCUT2D eigenvalue weighted by Gasteiger charge is -2.13. The molecule has 1 atom stereocenters. The lowest BCUT2D eigenvalue weighted by molar-refractivity contribution is 0.0552. The molecule has 0 radical (unpaired) electrons. The quantitative estimate of drug-likeness (QED) is 0.740. The van der Waals surface area contributed by atoms with Crippen LogP contribution in [-0.4, -0.2) is 26.4 Å². The van der Waals surface area contributed by atoms with Gasteiger partial charge in [-0.25, -0.2) is 0 Å². The van der Waals surface area contributed by atoms with Crippen molar-refractivity contribution in [2.75, 3.05) is 20.3 Å². The van der Waals surface area contributed by atoms with Crippen molar-refractivity contribution >= 4 is 0 Å². The molecule has 0 aromatic heterocycles. The third kappa shape index (κ3) is 5.20. The summed E-state index contributed by atoms with van der Waals surface area (Å²) in [6, 6.07) is 8.49. The summed E-state index contributed by atoms with van der Waals surface area (Å²) in [4.78, 5) is 0. The average molecular weight is 237 g/mol. The molecular weight excluding hydrogens is 214 g/mol. The van der Waals surface area contributed by atoms with Crippen LogP contribution in [0.4, 0.5) is 0 Å². The smallest absolute Gasteiger partial charge is 0.119 e. The molecule has 96 valence electrons. The highest BCUT2D eigenvalue weighted by atomic mass is 16.5. The van der Waals surface area contributed by atoms with Gasteiger partial charge in [-0.1, -0.05) is 12.1 Å². The first kappa shape index (κ1) is 14.0. The van der Waals surface area contributed by atoms with Crippen molar-refractivity contribution in [3.05, 3.63) is 29.8 Å². The van der Waals surface area contributed by atoms with Crippen LogP contribution in [0.2, 0.25) is 0 Å². The third-order valence-corrected chi connectivity index (χ3v) is 2.59. The van der Waals surface area contributed by atoms with E-state index in [1.54, 1.807) is 0 Å². The van der Waals surface area contributed by atoms with Gasteiger partial charge in [-0.3, -0.25) is 0 Å². The minimum absolute atomic E-state index is 0.259. The second-order valence-corrected chi connectivity index (χ2v) is 4.35.